The standard InChI is InChI=1S/C13H17FN2O6S/c1-20-9-5-8(14)12(6-10(9)21-2)23(18,19)16-3-4-22-11(7-16)13(15)17/h5-6,11H,3-4,7H2,1-2H3,(H2,15,17). The van der Waals surface area contributed by atoms with Crippen LogP contribution in [0.4, 0.5) is 4.39 Å². The molecule has 1 heterocycles. The summed E-state index contributed by atoms with van der Waals surface area (Å²) in [5, 5.41) is 0. The summed E-state index contributed by atoms with van der Waals surface area (Å²) in [5.41, 5.74) is 5.13. The molecule has 1 aliphatic rings. The molecule has 1 fully saturated rings. The first-order chi connectivity index (χ1) is 10.8. The van der Waals surface area contributed by atoms with E-state index in [2.05, 4.69) is 0 Å². The number of hydrogen-bond acceptors (Lipinski definition) is 6. The molecule has 1 unspecified atom stereocenters. The number of sulfonamides is 1. The van der Waals surface area contributed by atoms with Crippen molar-refractivity contribution >= 4 is 15.9 Å². The number of carbonyl (C=O) groups excluding carboxylic acids is 1. The Morgan fingerprint density at radius 3 is 2.52 bits per heavy atom. The summed E-state index contributed by atoms with van der Waals surface area (Å²) in [6.07, 6.45) is -1.07. The van der Waals surface area contributed by atoms with E-state index in [1.165, 1.54) is 14.2 Å². The van der Waals surface area contributed by atoms with Crippen LogP contribution in [0.3, 0.4) is 0 Å². The van der Waals surface area contributed by atoms with Gasteiger partial charge in [0.15, 0.2) is 11.5 Å². The normalized spacial score (nSPS) is 19.3. The van der Waals surface area contributed by atoms with E-state index < -0.39 is 32.7 Å². The summed E-state index contributed by atoms with van der Waals surface area (Å²) < 4.78 is 55.4. The average molecular weight is 348 g/mol. The van der Waals surface area contributed by atoms with Gasteiger partial charge in [-0.1, -0.05) is 0 Å². The second-order valence-electron chi connectivity index (χ2n) is 4.76. The van der Waals surface area contributed by atoms with Gasteiger partial charge in [0.05, 0.1) is 20.8 Å². The molecule has 1 saturated heterocycles. The van der Waals surface area contributed by atoms with Gasteiger partial charge in [0.25, 0.3) is 0 Å². The number of rotatable bonds is 5. The first kappa shape index (κ1) is 17.4. The van der Waals surface area contributed by atoms with Gasteiger partial charge >= 0.3 is 0 Å². The van der Waals surface area contributed by atoms with Crippen molar-refractivity contribution in [2.45, 2.75) is 11.0 Å². The first-order valence-corrected chi connectivity index (χ1v) is 8.08. The lowest BCUT2D eigenvalue weighted by molar-refractivity contribution is -0.132. The number of benzene rings is 1. The van der Waals surface area contributed by atoms with Crippen LogP contribution in [0.15, 0.2) is 17.0 Å². The third-order valence-corrected chi connectivity index (χ3v) is 5.28. The fourth-order valence-electron chi connectivity index (χ4n) is 2.19. The first-order valence-electron chi connectivity index (χ1n) is 6.64. The molecule has 2 rings (SSSR count). The molecular formula is C13H17FN2O6S. The molecule has 23 heavy (non-hydrogen) atoms. The van der Waals surface area contributed by atoms with E-state index in [1.807, 2.05) is 0 Å². The number of methoxy groups -OCH3 is 2. The largest absolute Gasteiger partial charge is 0.493 e. The Hall–Kier alpha value is -1.91. The topological polar surface area (TPSA) is 108 Å². The molecule has 1 aromatic rings. The molecule has 128 valence electrons. The lowest BCUT2D eigenvalue weighted by Gasteiger charge is -2.30. The van der Waals surface area contributed by atoms with Gasteiger partial charge in [-0.3, -0.25) is 4.79 Å². The van der Waals surface area contributed by atoms with E-state index in [4.69, 9.17) is 19.9 Å². The second-order valence-corrected chi connectivity index (χ2v) is 6.67. The fourth-order valence-corrected chi connectivity index (χ4v) is 3.67. The van der Waals surface area contributed by atoms with E-state index in [9.17, 15) is 17.6 Å². The molecule has 0 spiro atoms. The highest BCUT2D eigenvalue weighted by Gasteiger charge is 2.35. The van der Waals surface area contributed by atoms with Gasteiger partial charge in [0.1, 0.15) is 16.8 Å². The Morgan fingerprint density at radius 1 is 1.35 bits per heavy atom. The van der Waals surface area contributed by atoms with Gasteiger partial charge in [-0.15, -0.1) is 0 Å². The van der Waals surface area contributed by atoms with Crippen molar-refractivity contribution < 1.29 is 31.8 Å². The maximum Gasteiger partial charge on any atom is 0.247 e. The highest BCUT2D eigenvalue weighted by molar-refractivity contribution is 7.89. The molecule has 10 heteroatoms. The Kier molecular flexibility index (Phi) is 5.07. The fraction of sp³-hybridized carbons (Fsp3) is 0.462. The van der Waals surface area contributed by atoms with Crippen LogP contribution < -0.4 is 15.2 Å². The molecule has 1 aliphatic heterocycles. The number of carbonyl (C=O) groups is 1. The minimum absolute atomic E-state index is 0.0122. The van der Waals surface area contributed by atoms with Gasteiger partial charge in [0.2, 0.25) is 15.9 Å². The molecule has 0 radical (unpaired) electrons. The van der Waals surface area contributed by atoms with Crippen molar-refractivity contribution in [3.05, 3.63) is 17.9 Å². The van der Waals surface area contributed by atoms with E-state index in [1.54, 1.807) is 0 Å². The molecule has 8 nitrogen and oxygen atoms in total. The Bertz CT molecular complexity index is 709. The van der Waals surface area contributed by atoms with Gasteiger partial charge in [0, 0.05) is 25.2 Å². The van der Waals surface area contributed by atoms with Crippen LogP contribution in [0.25, 0.3) is 0 Å². The molecule has 1 atom stereocenters. The Labute approximate surface area is 133 Å². The molecule has 0 saturated carbocycles. The number of primary amides is 1. The monoisotopic (exact) mass is 348 g/mol. The predicted molar refractivity (Wildman–Crippen MR) is 77.2 cm³/mol. The SMILES string of the molecule is COc1cc(F)c(S(=O)(=O)N2CCOC(C(N)=O)C2)cc1OC. The average Bonchev–Trinajstić information content (AvgIpc) is 2.54. The molecule has 0 aromatic heterocycles. The number of amides is 1. The summed E-state index contributed by atoms with van der Waals surface area (Å²) in [5.74, 6) is -1.62. The summed E-state index contributed by atoms with van der Waals surface area (Å²) in [6.45, 7) is -0.299. The maximum absolute atomic E-state index is 14.2. The van der Waals surface area contributed by atoms with Crippen molar-refractivity contribution in [1.29, 1.82) is 0 Å². The quantitative estimate of drug-likeness (QED) is 0.784. The zero-order chi connectivity index (χ0) is 17.2. The van der Waals surface area contributed by atoms with Crippen LogP contribution in [0.2, 0.25) is 0 Å². The minimum atomic E-state index is -4.18. The molecular weight excluding hydrogens is 331 g/mol. The number of hydrogen-bond donors (Lipinski definition) is 1. The minimum Gasteiger partial charge on any atom is -0.493 e. The van der Waals surface area contributed by atoms with Gasteiger partial charge in [-0.25, -0.2) is 12.8 Å². The predicted octanol–water partition coefficient (Wildman–Crippen LogP) is -0.282. The van der Waals surface area contributed by atoms with Crippen LogP contribution >= 0.6 is 0 Å². The van der Waals surface area contributed by atoms with Gasteiger partial charge in [-0.2, -0.15) is 4.31 Å². The smallest absolute Gasteiger partial charge is 0.247 e. The Balaban J connectivity index is 2.41. The zero-order valence-corrected chi connectivity index (χ0v) is 13.4. The lowest BCUT2D eigenvalue weighted by atomic mass is 10.3. The Morgan fingerprint density at radius 2 is 1.96 bits per heavy atom. The van der Waals surface area contributed by atoms with E-state index in [-0.39, 0.29) is 31.2 Å². The molecule has 0 aliphatic carbocycles. The van der Waals surface area contributed by atoms with E-state index in [0.29, 0.717) is 0 Å². The summed E-state index contributed by atoms with van der Waals surface area (Å²) >= 11 is 0. The van der Waals surface area contributed by atoms with Crippen molar-refractivity contribution in [2.75, 3.05) is 33.9 Å². The van der Waals surface area contributed by atoms with Crippen LogP contribution in [0.1, 0.15) is 0 Å². The van der Waals surface area contributed by atoms with Crippen molar-refractivity contribution in [3.8, 4) is 11.5 Å². The van der Waals surface area contributed by atoms with Crippen LogP contribution in [-0.4, -0.2) is 58.7 Å². The zero-order valence-electron chi connectivity index (χ0n) is 12.6. The molecule has 1 aromatic carbocycles. The van der Waals surface area contributed by atoms with Crippen LogP contribution in [0.5, 0.6) is 11.5 Å². The van der Waals surface area contributed by atoms with E-state index >= 15 is 0 Å². The van der Waals surface area contributed by atoms with Gasteiger partial charge < -0.3 is 19.9 Å². The lowest BCUT2D eigenvalue weighted by Crippen LogP contribution is -2.50. The summed E-state index contributed by atoms with van der Waals surface area (Å²) in [7, 11) is -1.56. The number of nitrogens with zero attached hydrogens (tertiary/aromatic N) is 1. The second kappa shape index (κ2) is 6.69. The number of morpholine rings is 1. The molecule has 2 N–H and O–H groups in total. The number of nitrogens with two attached hydrogens (primary N) is 1. The van der Waals surface area contributed by atoms with Crippen molar-refractivity contribution in [3.63, 3.8) is 0 Å². The highest BCUT2D eigenvalue weighted by atomic mass is 32.2. The third-order valence-electron chi connectivity index (χ3n) is 3.40. The summed E-state index contributed by atoms with van der Waals surface area (Å²) in [4.78, 5) is 10.6. The molecule has 1 amide bonds. The summed E-state index contributed by atoms with van der Waals surface area (Å²) in [6, 6.07) is 1.97. The van der Waals surface area contributed by atoms with Crippen LogP contribution in [-0.2, 0) is 19.6 Å². The highest BCUT2D eigenvalue weighted by Crippen LogP contribution is 2.33. The number of ether oxygens (including phenoxy) is 3. The van der Waals surface area contributed by atoms with Gasteiger partial charge in [-0.05, 0) is 0 Å². The van der Waals surface area contributed by atoms with Crippen molar-refractivity contribution in [1.82, 2.24) is 4.31 Å². The molecule has 0 bridgehead atoms. The van der Waals surface area contributed by atoms with Crippen LogP contribution in [0, 0.1) is 5.82 Å². The number of halogens is 1. The van der Waals surface area contributed by atoms with E-state index in [0.717, 1.165) is 16.4 Å². The maximum atomic E-state index is 14.2. The third kappa shape index (κ3) is 3.38. The van der Waals surface area contributed by atoms with Crippen molar-refractivity contribution in [2.24, 2.45) is 5.73 Å².